The molecule has 4 rings (SSSR count). The number of fused-ring (bicyclic) bond motifs is 3. The Hall–Kier alpha value is -2.95. The Morgan fingerprint density at radius 1 is 1.00 bits per heavy atom. The van der Waals surface area contributed by atoms with Gasteiger partial charge in [-0.2, -0.15) is 0 Å². The first-order valence-corrected chi connectivity index (χ1v) is 6.69. The fourth-order valence-corrected chi connectivity index (χ4v) is 2.79. The fourth-order valence-electron chi connectivity index (χ4n) is 2.79. The molecule has 0 aliphatic carbocycles. The zero-order valence-corrected chi connectivity index (χ0v) is 11.5. The Morgan fingerprint density at radius 2 is 1.76 bits per heavy atom. The first-order valence-electron chi connectivity index (χ1n) is 6.69. The zero-order chi connectivity index (χ0) is 14.4. The van der Waals surface area contributed by atoms with Crippen LogP contribution < -0.4 is 5.73 Å². The number of hydrogen-bond acceptors (Lipinski definition) is 4. The van der Waals surface area contributed by atoms with Gasteiger partial charge in [0, 0.05) is 23.3 Å². The molecule has 0 amide bonds. The van der Waals surface area contributed by atoms with Gasteiger partial charge in [0.15, 0.2) is 5.65 Å². The Balaban J connectivity index is 2.26. The van der Waals surface area contributed by atoms with Crippen molar-refractivity contribution in [1.29, 1.82) is 0 Å². The van der Waals surface area contributed by atoms with E-state index in [0.717, 1.165) is 27.9 Å². The number of hydrogen-bond donors (Lipinski definition) is 1. The van der Waals surface area contributed by atoms with E-state index in [1.54, 1.807) is 12.4 Å². The molecule has 3 heterocycles. The summed E-state index contributed by atoms with van der Waals surface area (Å²) in [6, 6.07) is 12.1. The molecular formula is C16H13N5. The third kappa shape index (κ3) is 1.61. The normalized spacial score (nSPS) is 11.3. The highest BCUT2D eigenvalue weighted by molar-refractivity contribution is 6.05. The predicted octanol–water partition coefficient (Wildman–Crippen LogP) is 2.84. The monoisotopic (exact) mass is 275 g/mol. The van der Waals surface area contributed by atoms with Gasteiger partial charge >= 0.3 is 0 Å². The van der Waals surface area contributed by atoms with E-state index in [1.165, 1.54) is 0 Å². The van der Waals surface area contributed by atoms with Gasteiger partial charge in [-0.1, -0.05) is 18.2 Å². The molecule has 0 atom stereocenters. The summed E-state index contributed by atoms with van der Waals surface area (Å²) in [5, 5.41) is 9.47. The largest absolute Gasteiger partial charge is 0.395 e. The molecule has 0 unspecified atom stereocenters. The Bertz CT molecular complexity index is 957. The highest BCUT2D eigenvalue weighted by atomic mass is 15.3. The third-order valence-corrected chi connectivity index (χ3v) is 3.72. The van der Waals surface area contributed by atoms with Crippen molar-refractivity contribution in [3.63, 3.8) is 0 Å². The van der Waals surface area contributed by atoms with E-state index < -0.39 is 0 Å². The van der Waals surface area contributed by atoms with Crippen LogP contribution in [-0.4, -0.2) is 19.6 Å². The minimum atomic E-state index is 0.639. The molecule has 0 fully saturated rings. The molecular weight excluding hydrogens is 262 g/mol. The SMILES string of the molecule is Cc1nnc2c(N)c(-c3ccncc3)c3ccccc3n12. The van der Waals surface area contributed by atoms with Crippen molar-refractivity contribution >= 4 is 22.2 Å². The molecule has 21 heavy (non-hydrogen) atoms. The van der Waals surface area contributed by atoms with Gasteiger partial charge in [-0.15, -0.1) is 10.2 Å². The summed E-state index contributed by atoms with van der Waals surface area (Å²) in [6.07, 6.45) is 3.53. The molecule has 0 saturated heterocycles. The molecule has 0 spiro atoms. The second kappa shape index (κ2) is 4.28. The van der Waals surface area contributed by atoms with Crippen molar-refractivity contribution in [1.82, 2.24) is 19.6 Å². The third-order valence-electron chi connectivity index (χ3n) is 3.72. The zero-order valence-electron chi connectivity index (χ0n) is 11.5. The van der Waals surface area contributed by atoms with Crippen LogP contribution in [0.4, 0.5) is 5.69 Å². The van der Waals surface area contributed by atoms with Crippen molar-refractivity contribution in [2.45, 2.75) is 6.92 Å². The average Bonchev–Trinajstić information content (AvgIpc) is 2.91. The molecule has 0 radical (unpaired) electrons. The van der Waals surface area contributed by atoms with Crippen LogP contribution in [0.3, 0.4) is 0 Å². The Morgan fingerprint density at radius 3 is 2.57 bits per heavy atom. The number of rotatable bonds is 1. The lowest BCUT2D eigenvalue weighted by Gasteiger charge is -2.13. The minimum Gasteiger partial charge on any atom is -0.395 e. The second-order valence-corrected chi connectivity index (χ2v) is 4.95. The quantitative estimate of drug-likeness (QED) is 0.580. The fraction of sp³-hybridized carbons (Fsp3) is 0.0625. The average molecular weight is 275 g/mol. The van der Waals surface area contributed by atoms with Crippen LogP contribution in [0.5, 0.6) is 0 Å². The number of pyridine rings is 2. The number of benzene rings is 1. The molecule has 0 aliphatic heterocycles. The maximum absolute atomic E-state index is 6.39. The lowest BCUT2D eigenvalue weighted by Crippen LogP contribution is -2.00. The molecule has 4 aromatic rings. The molecule has 5 nitrogen and oxygen atoms in total. The van der Waals surface area contributed by atoms with Gasteiger partial charge in [0.05, 0.1) is 11.2 Å². The standard InChI is InChI=1S/C16H13N5/c1-10-19-20-16-15(17)14(11-6-8-18-9-7-11)12-4-2-3-5-13(12)21(10)16/h2-9H,17H2,1H3. The number of nitrogen functional groups attached to an aromatic ring is 1. The molecule has 0 aliphatic rings. The number of para-hydroxylation sites is 1. The minimum absolute atomic E-state index is 0.639. The van der Waals surface area contributed by atoms with Gasteiger partial charge in [-0.25, -0.2) is 0 Å². The number of aryl methyl sites for hydroxylation is 1. The summed E-state index contributed by atoms with van der Waals surface area (Å²) in [4.78, 5) is 4.07. The smallest absolute Gasteiger partial charge is 0.185 e. The molecule has 3 aromatic heterocycles. The van der Waals surface area contributed by atoms with Crippen LogP contribution in [0.15, 0.2) is 48.8 Å². The van der Waals surface area contributed by atoms with Crippen molar-refractivity contribution < 1.29 is 0 Å². The van der Waals surface area contributed by atoms with Crippen LogP contribution in [0.2, 0.25) is 0 Å². The highest BCUT2D eigenvalue weighted by Gasteiger charge is 2.16. The summed E-state index contributed by atoms with van der Waals surface area (Å²) < 4.78 is 2.00. The number of nitrogens with zero attached hydrogens (tertiary/aromatic N) is 4. The highest BCUT2D eigenvalue weighted by Crippen LogP contribution is 2.36. The summed E-state index contributed by atoms with van der Waals surface area (Å²) in [5.74, 6) is 0.828. The van der Waals surface area contributed by atoms with Gasteiger partial charge in [-0.3, -0.25) is 9.38 Å². The van der Waals surface area contributed by atoms with Gasteiger partial charge < -0.3 is 5.73 Å². The van der Waals surface area contributed by atoms with Gasteiger partial charge in [-0.05, 0) is 30.7 Å². The van der Waals surface area contributed by atoms with Gasteiger partial charge in [0.2, 0.25) is 0 Å². The second-order valence-electron chi connectivity index (χ2n) is 4.95. The van der Waals surface area contributed by atoms with Crippen LogP contribution in [0.25, 0.3) is 27.7 Å². The van der Waals surface area contributed by atoms with E-state index in [4.69, 9.17) is 5.73 Å². The Labute approximate surface area is 121 Å². The Kier molecular flexibility index (Phi) is 2.41. The van der Waals surface area contributed by atoms with Crippen LogP contribution in [0.1, 0.15) is 5.82 Å². The lowest BCUT2D eigenvalue weighted by atomic mass is 10.00. The van der Waals surface area contributed by atoms with Crippen molar-refractivity contribution in [2.75, 3.05) is 5.73 Å². The van der Waals surface area contributed by atoms with E-state index in [9.17, 15) is 0 Å². The van der Waals surface area contributed by atoms with Crippen LogP contribution in [-0.2, 0) is 0 Å². The first kappa shape index (κ1) is 11.8. The first-order chi connectivity index (χ1) is 10.3. The van der Waals surface area contributed by atoms with Crippen molar-refractivity contribution in [3.8, 4) is 11.1 Å². The topological polar surface area (TPSA) is 69.1 Å². The molecule has 0 saturated carbocycles. The van der Waals surface area contributed by atoms with Crippen molar-refractivity contribution in [3.05, 3.63) is 54.6 Å². The maximum atomic E-state index is 6.39. The van der Waals surface area contributed by atoms with E-state index in [-0.39, 0.29) is 0 Å². The van der Waals surface area contributed by atoms with E-state index >= 15 is 0 Å². The molecule has 2 N–H and O–H groups in total. The summed E-state index contributed by atoms with van der Waals surface area (Å²) in [7, 11) is 0. The van der Waals surface area contributed by atoms with Gasteiger partial charge in [0.25, 0.3) is 0 Å². The summed E-state index contributed by atoms with van der Waals surface area (Å²) >= 11 is 0. The van der Waals surface area contributed by atoms with Crippen molar-refractivity contribution in [2.24, 2.45) is 0 Å². The molecule has 0 bridgehead atoms. The van der Waals surface area contributed by atoms with E-state index in [1.807, 2.05) is 35.6 Å². The number of anilines is 1. The molecule has 102 valence electrons. The number of nitrogens with two attached hydrogens (primary N) is 1. The van der Waals surface area contributed by atoms with Crippen LogP contribution in [0, 0.1) is 6.92 Å². The van der Waals surface area contributed by atoms with Crippen LogP contribution >= 0.6 is 0 Å². The van der Waals surface area contributed by atoms with E-state index in [0.29, 0.717) is 11.3 Å². The molecule has 1 aromatic carbocycles. The lowest BCUT2D eigenvalue weighted by molar-refractivity contribution is 1.02. The maximum Gasteiger partial charge on any atom is 0.185 e. The summed E-state index contributed by atoms with van der Waals surface area (Å²) in [6.45, 7) is 1.93. The molecule has 5 heteroatoms. The van der Waals surface area contributed by atoms with E-state index in [2.05, 4.69) is 27.3 Å². The summed E-state index contributed by atoms with van der Waals surface area (Å²) in [5.41, 5.74) is 10.8. The number of aromatic nitrogens is 4. The predicted molar refractivity (Wildman–Crippen MR) is 82.9 cm³/mol. The van der Waals surface area contributed by atoms with Gasteiger partial charge in [0.1, 0.15) is 5.82 Å².